The van der Waals surface area contributed by atoms with Gasteiger partial charge in [0.2, 0.25) is 0 Å². The summed E-state index contributed by atoms with van der Waals surface area (Å²) in [6.07, 6.45) is 3.86. The zero-order valence-electron chi connectivity index (χ0n) is 14.4. The van der Waals surface area contributed by atoms with Gasteiger partial charge in [-0.3, -0.25) is 0 Å². The second-order valence-corrected chi connectivity index (χ2v) is 5.19. The Morgan fingerprint density at radius 3 is 2.35 bits per heavy atom. The van der Waals surface area contributed by atoms with E-state index in [1.807, 2.05) is 6.07 Å². The Balaban J connectivity index is 2.87. The number of rotatable bonds is 8. The van der Waals surface area contributed by atoms with Crippen molar-refractivity contribution >= 4 is 23.5 Å². The van der Waals surface area contributed by atoms with E-state index in [0.29, 0.717) is 22.4 Å². The quantitative estimate of drug-likeness (QED) is 0.340. The number of hydrogen-bond acceptors (Lipinski definition) is 5. The van der Waals surface area contributed by atoms with E-state index in [1.54, 1.807) is 45.7 Å². The van der Waals surface area contributed by atoms with Crippen molar-refractivity contribution in [3.05, 3.63) is 17.7 Å². The van der Waals surface area contributed by atoms with Crippen LogP contribution < -0.4 is 19.5 Å². The predicted octanol–water partition coefficient (Wildman–Crippen LogP) is 2.65. The number of hydrazone groups is 1. The summed E-state index contributed by atoms with van der Waals surface area (Å²) in [6, 6.07) is 3.57. The molecule has 23 heavy (non-hydrogen) atoms. The molecule has 0 radical (unpaired) electrons. The Morgan fingerprint density at radius 2 is 1.78 bits per heavy atom. The number of nitrogens with one attached hydrogen (secondary N) is 1. The Bertz CT molecular complexity index is 550. The molecule has 0 amide bonds. The molecule has 1 N–H and O–H groups in total. The average Bonchev–Trinajstić information content (AvgIpc) is 2.58. The fraction of sp³-hybridized carbons (Fsp3) is 0.500. The van der Waals surface area contributed by atoms with E-state index in [2.05, 4.69) is 17.3 Å². The van der Waals surface area contributed by atoms with E-state index < -0.39 is 0 Å². The van der Waals surface area contributed by atoms with Gasteiger partial charge in [0.15, 0.2) is 16.6 Å². The number of hydrogen-bond donors (Lipinski definition) is 1. The number of benzene rings is 1. The molecule has 0 heterocycles. The van der Waals surface area contributed by atoms with Gasteiger partial charge < -0.3 is 19.5 Å². The smallest absolute Gasteiger partial charge is 0.189 e. The van der Waals surface area contributed by atoms with E-state index in [1.165, 1.54) is 0 Å². The van der Waals surface area contributed by atoms with Crippen molar-refractivity contribution in [3.8, 4) is 17.2 Å². The molecule has 1 aromatic carbocycles. The molecular weight excluding hydrogens is 314 g/mol. The van der Waals surface area contributed by atoms with E-state index in [4.69, 9.17) is 26.4 Å². The second-order valence-electron chi connectivity index (χ2n) is 4.80. The number of nitrogens with zero attached hydrogens (tertiary/aromatic N) is 2. The largest absolute Gasteiger partial charge is 0.496 e. The predicted molar refractivity (Wildman–Crippen MR) is 97.0 cm³/mol. The van der Waals surface area contributed by atoms with Crippen LogP contribution in [0.4, 0.5) is 0 Å². The third-order valence-corrected chi connectivity index (χ3v) is 3.61. The molecule has 0 atom stereocenters. The van der Waals surface area contributed by atoms with Gasteiger partial charge in [-0.05, 0) is 24.7 Å². The molecule has 1 aromatic rings. The lowest BCUT2D eigenvalue weighted by atomic mass is 10.2. The van der Waals surface area contributed by atoms with Crippen LogP contribution in [-0.4, -0.2) is 51.3 Å². The first kappa shape index (κ1) is 19.0. The molecule has 128 valence electrons. The summed E-state index contributed by atoms with van der Waals surface area (Å²) in [5.41, 5.74) is 0.772. The monoisotopic (exact) mass is 339 g/mol. The normalized spacial score (nSPS) is 10.5. The van der Waals surface area contributed by atoms with Crippen LogP contribution in [0.5, 0.6) is 17.2 Å². The highest BCUT2D eigenvalue weighted by atomic mass is 32.1. The van der Waals surface area contributed by atoms with Crippen molar-refractivity contribution in [2.45, 2.75) is 19.8 Å². The summed E-state index contributed by atoms with van der Waals surface area (Å²) in [4.78, 5) is 0. The van der Waals surface area contributed by atoms with Crippen molar-refractivity contribution in [2.24, 2.45) is 5.10 Å². The highest BCUT2D eigenvalue weighted by molar-refractivity contribution is 7.80. The minimum Gasteiger partial charge on any atom is -0.496 e. The third-order valence-electron chi connectivity index (χ3n) is 3.21. The summed E-state index contributed by atoms with van der Waals surface area (Å²) in [5.74, 6) is 1.86. The summed E-state index contributed by atoms with van der Waals surface area (Å²) in [6.45, 7) is 2.98. The van der Waals surface area contributed by atoms with Gasteiger partial charge in [0.1, 0.15) is 5.75 Å². The maximum Gasteiger partial charge on any atom is 0.189 e. The zero-order valence-corrected chi connectivity index (χ0v) is 15.2. The van der Waals surface area contributed by atoms with Crippen molar-refractivity contribution in [2.75, 3.05) is 34.9 Å². The van der Waals surface area contributed by atoms with E-state index in [0.717, 1.165) is 24.9 Å². The van der Waals surface area contributed by atoms with E-state index in [-0.39, 0.29) is 0 Å². The molecule has 0 aliphatic rings. The lowest BCUT2D eigenvalue weighted by molar-refractivity contribution is 0.349. The first-order chi connectivity index (χ1) is 11.1. The lowest BCUT2D eigenvalue weighted by Crippen LogP contribution is -2.34. The van der Waals surface area contributed by atoms with Crippen molar-refractivity contribution < 1.29 is 14.2 Å². The molecular formula is C16H25N3O3S. The summed E-state index contributed by atoms with van der Waals surface area (Å²) in [5, 5.41) is 9.69. The standard InChI is InChI=1S/C16H25N3O3S/c1-6-7-8-17-16(23)19(2)18-11-12-9-14(21-4)15(22-5)10-13(12)20-3/h9-11H,6-8H2,1-5H3,(H,17,23). The van der Waals surface area contributed by atoms with Gasteiger partial charge in [-0.1, -0.05) is 13.3 Å². The van der Waals surface area contributed by atoms with Gasteiger partial charge in [-0.25, -0.2) is 5.01 Å². The minimum atomic E-state index is 0.578. The second kappa shape index (κ2) is 9.89. The average molecular weight is 339 g/mol. The van der Waals surface area contributed by atoms with Gasteiger partial charge in [0.25, 0.3) is 0 Å². The van der Waals surface area contributed by atoms with Crippen LogP contribution in [-0.2, 0) is 0 Å². The van der Waals surface area contributed by atoms with Crippen LogP contribution in [0.15, 0.2) is 17.2 Å². The SMILES string of the molecule is CCCCNC(=S)N(C)N=Cc1cc(OC)c(OC)cc1OC. The van der Waals surface area contributed by atoms with Gasteiger partial charge in [-0.15, -0.1) is 0 Å². The molecule has 0 fully saturated rings. The zero-order chi connectivity index (χ0) is 17.2. The Labute approximate surface area is 143 Å². The molecule has 0 aromatic heterocycles. The molecule has 0 saturated carbocycles. The van der Waals surface area contributed by atoms with Gasteiger partial charge in [-0.2, -0.15) is 5.10 Å². The fourth-order valence-electron chi connectivity index (χ4n) is 1.84. The van der Waals surface area contributed by atoms with Gasteiger partial charge in [0, 0.05) is 25.2 Å². The Hall–Kier alpha value is -2.02. The fourth-order valence-corrected chi connectivity index (χ4v) is 1.99. The van der Waals surface area contributed by atoms with Gasteiger partial charge in [0.05, 0.1) is 27.5 Å². The molecule has 0 unspecified atom stereocenters. The van der Waals surface area contributed by atoms with Crippen LogP contribution in [0.2, 0.25) is 0 Å². The van der Waals surface area contributed by atoms with E-state index in [9.17, 15) is 0 Å². The first-order valence-electron chi connectivity index (χ1n) is 7.42. The highest BCUT2D eigenvalue weighted by Gasteiger charge is 2.11. The van der Waals surface area contributed by atoms with Crippen molar-refractivity contribution in [3.63, 3.8) is 0 Å². The van der Waals surface area contributed by atoms with Crippen LogP contribution in [0.3, 0.4) is 0 Å². The third kappa shape index (κ3) is 5.59. The van der Waals surface area contributed by atoms with Gasteiger partial charge >= 0.3 is 0 Å². The lowest BCUT2D eigenvalue weighted by Gasteiger charge is -2.16. The Kier molecular flexibility index (Phi) is 8.18. The van der Waals surface area contributed by atoms with Crippen LogP contribution >= 0.6 is 12.2 Å². The topological polar surface area (TPSA) is 55.3 Å². The van der Waals surface area contributed by atoms with Crippen LogP contribution in [0, 0.1) is 0 Å². The molecule has 6 nitrogen and oxygen atoms in total. The molecule has 1 rings (SSSR count). The first-order valence-corrected chi connectivity index (χ1v) is 7.83. The molecule has 0 aliphatic carbocycles. The van der Waals surface area contributed by atoms with Crippen LogP contribution in [0.25, 0.3) is 0 Å². The minimum absolute atomic E-state index is 0.578. The summed E-state index contributed by atoms with van der Waals surface area (Å²) < 4.78 is 15.9. The summed E-state index contributed by atoms with van der Waals surface area (Å²) >= 11 is 5.28. The molecule has 0 saturated heterocycles. The summed E-state index contributed by atoms with van der Waals surface area (Å²) in [7, 11) is 6.56. The Morgan fingerprint density at radius 1 is 1.17 bits per heavy atom. The number of thiocarbonyl (C=S) groups is 1. The molecule has 0 aliphatic heterocycles. The van der Waals surface area contributed by atoms with Crippen molar-refractivity contribution in [1.29, 1.82) is 0 Å². The van der Waals surface area contributed by atoms with Crippen molar-refractivity contribution in [1.82, 2.24) is 10.3 Å². The van der Waals surface area contributed by atoms with Crippen LogP contribution in [0.1, 0.15) is 25.3 Å². The van der Waals surface area contributed by atoms with E-state index >= 15 is 0 Å². The number of methoxy groups -OCH3 is 3. The number of ether oxygens (including phenoxy) is 3. The maximum atomic E-state index is 5.37. The molecule has 0 bridgehead atoms. The number of unbranched alkanes of at least 4 members (excludes halogenated alkanes) is 1. The highest BCUT2D eigenvalue weighted by Crippen LogP contribution is 2.33. The molecule has 0 spiro atoms. The molecule has 7 heteroatoms. The maximum absolute atomic E-state index is 5.37.